The van der Waals surface area contributed by atoms with Crippen LogP contribution >= 0.6 is 24.2 Å². The highest BCUT2D eigenvalue weighted by Gasteiger charge is 2.35. The molecule has 2 aliphatic carbocycles. The number of rotatable bonds is 10. The molecule has 2 aromatic heterocycles. The summed E-state index contributed by atoms with van der Waals surface area (Å²) in [5, 5.41) is 11.0. The van der Waals surface area contributed by atoms with Gasteiger partial charge in [0.25, 0.3) is 0 Å². The summed E-state index contributed by atoms with van der Waals surface area (Å²) in [5.74, 6) is -0.813. The summed E-state index contributed by atoms with van der Waals surface area (Å²) in [6.07, 6.45) is 3.62. The third-order valence-corrected chi connectivity index (χ3v) is 12.4. The minimum atomic E-state index is -0.444. The maximum absolute atomic E-state index is 13.6. The number of carbonyl (C=O) groups is 4. The lowest BCUT2D eigenvalue weighted by Gasteiger charge is -2.26. The zero-order chi connectivity index (χ0) is 41.2. The van der Waals surface area contributed by atoms with Crippen LogP contribution < -0.4 is 23.1 Å². The highest BCUT2D eigenvalue weighted by atomic mass is 32.1. The Hall–Kier alpha value is -5.86. The predicted octanol–water partition coefficient (Wildman–Crippen LogP) is 9.89. The fourth-order valence-corrected chi connectivity index (χ4v) is 8.92. The number of thiazole rings is 1. The van der Waals surface area contributed by atoms with Gasteiger partial charge in [-0.25, -0.2) is 4.98 Å². The van der Waals surface area contributed by atoms with Crippen LogP contribution in [-0.2, 0) is 19.2 Å². The first-order chi connectivity index (χ1) is 28.5. The highest BCUT2D eigenvalue weighted by molar-refractivity contribution is 7.75. The number of hydrogen-bond donors (Lipinski definition) is 2. The molecule has 59 heavy (non-hydrogen) atoms. The molecule has 0 amide bonds. The van der Waals surface area contributed by atoms with Crippen molar-refractivity contribution in [3.05, 3.63) is 90.0 Å². The minimum Gasteiger partial charge on any atom is -0.508 e. The summed E-state index contributed by atoms with van der Waals surface area (Å²) < 4.78 is 34.8. The quantitative estimate of drug-likeness (QED) is 0.0583. The van der Waals surface area contributed by atoms with E-state index < -0.39 is 23.8 Å². The van der Waals surface area contributed by atoms with E-state index >= 15 is 0 Å². The fourth-order valence-electron chi connectivity index (χ4n) is 7.82. The van der Waals surface area contributed by atoms with Crippen molar-refractivity contribution >= 4 is 69.3 Å². The minimum absolute atomic E-state index is 0.0745. The molecule has 0 unspecified atom stereocenters. The van der Waals surface area contributed by atoms with Crippen LogP contribution in [0, 0.1) is 37.5 Å². The zero-order valence-corrected chi connectivity index (χ0v) is 34.0. The summed E-state index contributed by atoms with van der Waals surface area (Å²) in [7, 11) is 0. The van der Waals surface area contributed by atoms with E-state index in [4.69, 9.17) is 32.5 Å². The lowest BCUT2D eigenvalue weighted by atomic mass is 9.82. The van der Waals surface area contributed by atoms with E-state index in [0.29, 0.717) is 89.6 Å². The van der Waals surface area contributed by atoms with Gasteiger partial charge in [0.15, 0.2) is 22.3 Å². The number of thiol groups is 1. The Bertz CT molecular complexity index is 2530. The molecular formula is C45H41NO11S2. The number of aromatic hydroxyl groups is 1. The van der Waals surface area contributed by atoms with Gasteiger partial charge in [-0.2, -0.15) is 0 Å². The number of phenolic OH excluding ortho intramolecular Hbond substituents is 1. The van der Waals surface area contributed by atoms with Crippen molar-refractivity contribution in [3.8, 4) is 45.3 Å². The lowest BCUT2D eigenvalue weighted by molar-refractivity contribution is -0.145. The Morgan fingerprint density at radius 3 is 1.66 bits per heavy atom. The molecule has 1 N–H and O–H groups in total. The number of ether oxygens (including phenoxy) is 4. The van der Waals surface area contributed by atoms with Crippen LogP contribution in [0.3, 0.4) is 0 Å². The summed E-state index contributed by atoms with van der Waals surface area (Å²) in [4.78, 5) is 57.9. The number of aryl methyl sites for hydroxylation is 2. The lowest BCUT2D eigenvalue weighted by Crippen LogP contribution is -2.30. The van der Waals surface area contributed by atoms with Crippen LogP contribution in [0.4, 0.5) is 0 Å². The van der Waals surface area contributed by atoms with Crippen LogP contribution in [0.1, 0.15) is 62.5 Å². The predicted molar refractivity (Wildman–Crippen MR) is 222 cm³/mol. The molecule has 0 aliphatic heterocycles. The maximum Gasteiger partial charge on any atom is 0.314 e. The van der Waals surface area contributed by atoms with Gasteiger partial charge in [-0.15, -0.1) is 11.3 Å². The van der Waals surface area contributed by atoms with Crippen LogP contribution in [0.25, 0.3) is 32.0 Å². The number of carbonyl (C=O) groups excluding carboxylic acids is 4. The molecule has 12 nitrogen and oxygen atoms in total. The molecule has 6 aromatic rings. The Kier molecular flexibility index (Phi) is 11.6. The van der Waals surface area contributed by atoms with Crippen molar-refractivity contribution < 1.29 is 51.8 Å². The number of aromatic nitrogens is 1. The molecule has 0 bridgehead atoms. The van der Waals surface area contributed by atoms with Crippen molar-refractivity contribution in [2.45, 2.75) is 65.2 Å². The number of nitrogens with zero attached hydrogens (tertiary/aromatic N) is 1. The van der Waals surface area contributed by atoms with Gasteiger partial charge in [-0.05, 0) is 149 Å². The Labute approximate surface area is 349 Å². The van der Waals surface area contributed by atoms with Crippen LogP contribution in [0.5, 0.6) is 34.5 Å². The second kappa shape index (κ2) is 17.2. The number of fused-ring (bicyclic) bond motifs is 2. The SMILES string of the molecule is Cc1cc(C)c2cc(-c3nc4c(OC(=O)[C@H]5CC[C@H](C(=O)Oc6ccc(O)cc6)CC5)ccc(OC(=O)[C@H]5CC[C@H](C(=O)Oc6ccc(OS)cc6)CC5)c4s3)oc2c1. The van der Waals surface area contributed by atoms with Gasteiger partial charge < -0.3 is 32.7 Å². The van der Waals surface area contributed by atoms with Gasteiger partial charge >= 0.3 is 23.9 Å². The smallest absolute Gasteiger partial charge is 0.314 e. The molecule has 304 valence electrons. The first-order valence-electron chi connectivity index (χ1n) is 19.5. The van der Waals surface area contributed by atoms with Gasteiger partial charge in [0, 0.05) is 18.3 Å². The van der Waals surface area contributed by atoms with Gasteiger partial charge in [0.05, 0.1) is 23.7 Å². The van der Waals surface area contributed by atoms with E-state index in [9.17, 15) is 24.3 Å². The molecule has 2 saturated carbocycles. The fraction of sp³-hybridized carbons (Fsp3) is 0.311. The third-order valence-electron chi connectivity index (χ3n) is 11.1. The molecule has 2 fully saturated rings. The van der Waals surface area contributed by atoms with Crippen LogP contribution in [0.15, 0.2) is 83.3 Å². The van der Waals surface area contributed by atoms with E-state index in [0.717, 1.165) is 22.1 Å². The first kappa shape index (κ1) is 39.9. The molecule has 4 aromatic carbocycles. The zero-order valence-electron chi connectivity index (χ0n) is 32.3. The van der Waals surface area contributed by atoms with Gasteiger partial charge in [-0.1, -0.05) is 6.07 Å². The van der Waals surface area contributed by atoms with E-state index in [2.05, 4.69) is 19.0 Å². The van der Waals surface area contributed by atoms with Crippen LogP contribution in [-0.4, -0.2) is 34.0 Å². The topological polar surface area (TPSA) is 161 Å². The van der Waals surface area contributed by atoms with E-state index in [1.165, 1.54) is 35.6 Å². The van der Waals surface area contributed by atoms with Crippen molar-refractivity contribution in [3.63, 3.8) is 0 Å². The summed E-state index contributed by atoms with van der Waals surface area (Å²) in [6, 6.07) is 21.7. The summed E-state index contributed by atoms with van der Waals surface area (Å²) in [5.41, 5.74) is 3.19. The molecule has 0 radical (unpaired) electrons. The molecule has 0 saturated heterocycles. The first-order valence-corrected chi connectivity index (χ1v) is 20.7. The summed E-state index contributed by atoms with van der Waals surface area (Å²) in [6.45, 7) is 4.02. The number of esters is 4. The Morgan fingerprint density at radius 2 is 1.12 bits per heavy atom. The Balaban J connectivity index is 0.967. The number of hydrogen-bond acceptors (Lipinski definition) is 14. The average Bonchev–Trinajstić information content (AvgIpc) is 3.89. The van der Waals surface area contributed by atoms with Crippen molar-refractivity contribution in [1.82, 2.24) is 4.98 Å². The van der Waals surface area contributed by atoms with Gasteiger partial charge in [-0.3, -0.25) is 19.2 Å². The Morgan fingerprint density at radius 1 is 0.644 bits per heavy atom. The van der Waals surface area contributed by atoms with Gasteiger partial charge in [0.1, 0.15) is 38.8 Å². The molecule has 14 heteroatoms. The molecule has 8 rings (SSSR count). The van der Waals surface area contributed by atoms with E-state index in [1.54, 1.807) is 36.4 Å². The van der Waals surface area contributed by atoms with Crippen molar-refractivity contribution in [2.24, 2.45) is 23.7 Å². The summed E-state index contributed by atoms with van der Waals surface area (Å²) >= 11 is 5.04. The molecule has 0 atom stereocenters. The van der Waals surface area contributed by atoms with Gasteiger partial charge in [0.2, 0.25) is 0 Å². The van der Waals surface area contributed by atoms with Crippen LogP contribution in [0.2, 0.25) is 0 Å². The average molecular weight is 836 g/mol. The van der Waals surface area contributed by atoms with Crippen molar-refractivity contribution in [1.29, 1.82) is 0 Å². The monoisotopic (exact) mass is 835 g/mol. The number of furan rings is 1. The molecule has 0 spiro atoms. The highest BCUT2D eigenvalue weighted by Crippen LogP contribution is 2.44. The largest absolute Gasteiger partial charge is 0.508 e. The third kappa shape index (κ3) is 8.93. The number of phenols is 1. The standard InChI is InChI=1S/C45H41NO11S2/c1-24-21-25(2)34-23-38(54-37(34)22-24)41-46-39-35(55-44(50)28-7-3-26(4-8-28)42(48)52-31-13-11-30(47)12-14-31)19-20-36(40(39)59-41)56-45(51)29-9-5-27(6-10-29)43(49)53-32-15-17-33(57-58)18-16-32/h11-23,26-29,47,58H,3-10H2,1-2H3/t26-,27-,28-,29-. The maximum atomic E-state index is 13.6. The molecule has 2 aliphatic rings. The second-order valence-corrected chi connectivity index (χ2v) is 16.4. The molecule has 2 heterocycles. The van der Waals surface area contributed by atoms with Crippen molar-refractivity contribution in [2.75, 3.05) is 0 Å². The number of benzene rings is 4. The van der Waals surface area contributed by atoms with E-state index in [-0.39, 0.29) is 41.0 Å². The normalized spacial score (nSPS) is 19.2. The second-order valence-electron chi connectivity index (χ2n) is 15.2. The van der Waals surface area contributed by atoms with E-state index in [1.807, 2.05) is 26.0 Å². The molecular weight excluding hydrogens is 795 g/mol.